The monoisotopic (exact) mass is 236 g/mol. The largest absolute Gasteiger partial charge is 0.496 e. The summed E-state index contributed by atoms with van der Waals surface area (Å²) in [5, 5.41) is 14.0. The zero-order chi connectivity index (χ0) is 12.8. The first kappa shape index (κ1) is 13.0. The fourth-order valence-corrected chi connectivity index (χ4v) is 1.49. The van der Waals surface area contributed by atoms with Gasteiger partial charge >= 0.3 is 0 Å². The van der Waals surface area contributed by atoms with E-state index in [1.165, 1.54) is 13.2 Å². The van der Waals surface area contributed by atoms with E-state index in [4.69, 9.17) is 4.74 Å². The van der Waals surface area contributed by atoms with E-state index in [0.29, 0.717) is 11.4 Å². The molecule has 0 heterocycles. The van der Waals surface area contributed by atoms with Crippen LogP contribution in [0.2, 0.25) is 0 Å². The second kappa shape index (κ2) is 5.89. The molecule has 0 saturated carbocycles. The average molecular weight is 236 g/mol. The molecule has 0 amide bonds. The van der Waals surface area contributed by atoms with Crippen LogP contribution in [0.5, 0.6) is 5.75 Å². The van der Waals surface area contributed by atoms with E-state index in [0.717, 1.165) is 6.42 Å². The Bertz CT molecular complexity index is 418. The summed E-state index contributed by atoms with van der Waals surface area (Å²) in [6.07, 6.45) is 2.51. The first-order valence-electron chi connectivity index (χ1n) is 5.28. The van der Waals surface area contributed by atoms with Crippen molar-refractivity contribution >= 4 is 11.4 Å². The number of hydrogen-bond acceptors (Lipinski definition) is 4. The van der Waals surface area contributed by atoms with Crippen molar-refractivity contribution in [1.29, 1.82) is 0 Å². The lowest BCUT2D eigenvalue weighted by atomic mass is 10.2. The molecule has 0 radical (unpaired) electrons. The van der Waals surface area contributed by atoms with Gasteiger partial charge in [0.15, 0.2) is 0 Å². The van der Waals surface area contributed by atoms with Crippen molar-refractivity contribution in [1.82, 2.24) is 0 Å². The topological polar surface area (TPSA) is 64.4 Å². The van der Waals surface area contributed by atoms with Crippen molar-refractivity contribution in [2.24, 2.45) is 0 Å². The molecule has 5 nitrogen and oxygen atoms in total. The average Bonchev–Trinajstić information content (AvgIpc) is 2.29. The van der Waals surface area contributed by atoms with E-state index in [9.17, 15) is 10.1 Å². The highest BCUT2D eigenvalue weighted by Crippen LogP contribution is 2.29. The van der Waals surface area contributed by atoms with Gasteiger partial charge in [-0.25, -0.2) is 0 Å². The first-order chi connectivity index (χ1) is 8.08. The maximum Gasteiger partial charge on any atom is 0.296 e. The van der Waals surface area contributed by atoms with Gasteiger partial charge in [-0.3, -0.25) is 10.1 Å². The highest BCUT2D eigenvalue weighted by Gasteiger charge is 2.16. The SMILES string of the molecule is C=CCC(C)Nc1ccc(OC)cc1[N+](=O)[O-]. The summed E-state index contributed by atoms with van der Waals surface area (Å²) in [6, 6.07) is 4.84. The highest BCUT2D eigenvalue weighted by molar-refractivity contribution is 5.64. The van der Waals surface area contributed by atoms with Gasteiger partial charge in [0.1, 0.15) is 11.4 Å². The molecule has 1 aromatic carbocycles. The van der Waals surface area contributed by atoms with E-state index >= 15 is 0 Å². The summed E-state index contributed by atoms with van der Waals surface area (Å²) in [5.41, 5.74) is 0.505. The molecule has 1 N–H and O–H groups in total. The number of hydrogen-bond donors (Lipinski definition) is 1. The van der Waals surface area contributed by atoms with Crippen molar-refractivity contribution in [2.75, 3.05) is 12.4 Å². The molecule has 0 fully saturated rings. The Morgan fingerprint density at radius 1 is 1.65 bits per heavy atom. The van der Waals surface area contributed by atoms with Crippen LogP contribution in [0.3, 0.4) is 0 Å². The highest BCUT2D eigenvalue weighted by atomic mass is 16.6. The van der Waals surface area contributed by atoms with Crippen molar-refractivity contribution in [2.45, 2.75) is 19.4 Å². The number of nitro benzene ring substituents is 1. The van der Waals surface area contributed by atoms with Crippen LogP contribution in [0.25, 0.3) is 0 Å². The fraction of sp³-hybridized carbons (Fsp3) is 0.333. The molecule has 1 aromatic rings. The minimum Gasteiger partial charge on any atom is -0.496 e. The zero-order valence-corrected chi connectivity index (χ0v) is 9.97. The molecule has 0 aromatic heterocycles. The van der Waals surface area contributed by atoms with Crippen molar-refractivity contribution in [3.63, 3.8) is 0 Å². The molecule has 17 heavy (non-hydrogen) atoms. The lowest BCUT2D eigenvalue weighted by Crippen LogP contribution is -2.14. The van der Waals surface area contributed by atoms with Crippen LogP contribution >= 0.6 is 0 Å². The van der Waals surface area contributed by atoms with Gasteiger partial charge in [0, 0.05) is 6.04 Å². The normalized spacial score (nSPS) is 11.6. The first-order valence-corrected chi connectivity index (χ1v) is 5.28. The van der Waals surface area contributed by atoms with Crippen molar-refractivity contribution in [3.8, 4) is 5.75 Å². The van der Waals surface area contributed by atoms with Crippen LogP contribution in [-0.4, -0.2) is 18.1 Å². The van der Waals surface area contributed by atoms with Gasteiger partial charge in [0.05, 0.1) is 18.1 Å². The smallest absolute Gasteiger partial charge is 0.296 e. The maximum absolute atomic E-state index is 10.9. The van der Waals surface area contributed by atoms with Gasteiger partial charge in [-0.1, -0.05) is 6.08 Å². The van der Waals surface area contributed by atoms with Gasteiger partial charge in [-0.15, -0.1) is 6.58 Å². The standard InChI is InChI=1S/C12H16N2O3/c1-4-5-9(2)13-11-7-6-10(17-3)8-12(11)14(15)16/h4,6-9,13H,1,5H2,2-3H3. The van der Waals surface area contributed by atoms with Gasteiger partial charge in [-0.05, 0) is 25.5 Å². The lowest BCUT2D eigenvalue weighted by molar-refractivity contribution is -0.384. The molecule has 92 valence electrons. The number of anilines is 1. The van der Waals surface area contributed by atoms with Crippen LogP contribution in [0, 0.1) is 10.1 Å². The molecule has 0 aliphatic rings. The summed E-state index contributed by atoms with van der Waals surface area (Å²) in [5.74, 6) is 0.471. The summed E-state index contributed by atoms with van der Waals surface area (Å²) >= 11 is 0. The van der Waals surface area contributed by atoms with Crippen LogP contribution < -0.4 is 10.1 Å². The molecule has 1 unspecified atom stereocenters. The Hall–Kier alpha value is -2.04. The summed E-state index contributed by atoms with van der Waals surface area (Å²) in [7, 11) is 1.48. The van der Waals surface area contributed by atoms with Crippen LogP contribution in [0.1, 0.15) is 13.3 Å². The maximum atomic E-state index is 10.9. The Labute approximate surface area is 100 Å². The Morgan fingerprint density at radius 2 is 2.35 bits per heavy atom. The number of methoxy groups -OCH3 is 1. The third-order valence-corrected chi connectivity index (χ3v) is 2.32. The van der Waals surface area contributed by atoms with Gasteiger partial charge in [-0.2, -0.15) is 0 Å². The number of benzene rings is 1. The van der Waals surface area contributed by atoms with Crippen LogP contribution in [0.4, 0.5) is 11.4 Å². The number of nitrogens with zero attached hydrogens (tertiary/aromatic N) is 1. The van der Waals surface area contributed by atoms with E-state index < -0.39 is 4.92 Å². The van der Waals surface area contributed by atoms with Gasteiger partial charge in [0.2, 0.25) is 0 Å². The Kier molecular flexibility index (Phi) is 4.51. The van der Waals surface area contributed by atoms with Gasteiger partial charge in [0.25, 0.3) is 5.69 Å². The molecule has 0 saturated heterocycles. The predicted molar refractivity (Wildman–Crippen MR) is 67.5 cm³/mol. The number of nitrogens with one attached hydrogen (secondary N) is 1. The van der Waals surface area contributed by atoms with Crippen molar-refractivity contribution < 1.29 is 9.66 Å². The number of rotatable bonds is 6. The van der Waals surface area contributed by atoms with E-state index in [1.54, 1.807) is 18.2 Å². The van der Waals surface area contributed by atoms with Crippen LogP contribution in [0.15, 0.2) is 30.9 Å². The Morgan fingerprint density at radius 3 is 2.88 bits per heavy atom. The summed E-state index contributed by atoms with van der Waals surface area (Å²) < 4.78 is 4.96. The van der Waals surface area contributed by atoms with Crippen LogP contribution in [-0.2, 0) is 0 Å². The molecule has 5 heteroatoms. The van der Waals surface area contributed by atoms with E-state index in [-0.39, 0.29) is 11.7 Å². The molecule has 0 spiro atoms. The third-order valence-electron chi connectivity index (χ3n) is 2.32. The molecular formula is C12H16N2O3. The lowest BCUT2D eigenvalue weighted by Gasteiger charge is -2.13. The third kappa shape index (κ3) is 3.48. The second-order valence-electron chi connectivity index (χ2n) is 3.71. The molecule has 0 aliphatic carbocycles. The molecule has 1 atom stereocenters. The van der Waals surface area contributed by atoms with Crippen molar-refractivity contribution in [3.05, 3.63) is 41.0 Å². The zero-order valence-electron chi connectivity index (χ0n) is 9.97. The summed E-state index contributed by atoms with van der Waals surface area (Å²) in [4.78, 5) is 10.5. The number of ether oxygens (including phenoxy) is 1. The minimum atomic E-state index is -0.425. The molecule has 1 rings (SSSR count). The molecule has 0 bridgehead atoms. The van der Waals surface area contributed by atoms with Gasteiger partial charge < -0.3 is 10.1 Å². The number of nitro groups is 1. The minimum absolute atomic E-state index is 0.0141. The fourth-order valence-electron chi connectivity index (χ4n) is 1.49. The molecular weight excluding hydrogens is 220 g/mol. The van der Waals surface area contributed by atoms with E-state index in [1.807, 2.05) is 6.92 Å². The quantitative estimate of drug-likeness (QED) is 0.468. The summed E-state index contributed by atoms with van der Waals surface area (Å²) in [6.45, 7) is 5.57. The molecule has 0 aliphatic heterocycles. The predicted octanol–water partition coefficient (Wildman–Crippen LogP) is 2.98. The Balaban J connectivity index is 2.97. The second-order valence-corrected chi connectivity index (χ2v) is 3.71. The van der Waals surface area contributed by atoms with E-state index in [2.05, 4.69) is 11.9 Å².